The van der Waals surface area contributed by atoms with Gasteiger partial charge in [-0.2, -0.15) is 0 Å². The van der Waals surface area contributed by atoms with E-state index in [4.69, 9.17) is 11.6 Å². The second kappa shape index (κ2) is 8.37. The normalized spacial score (nSPS) is 24.1. The third kappa shape index (κ3) is 4.37. The molecule has 2 heterocycles. The van der Waals surface area contributed by atoms with Gasteiger partial charge in [0.1, 0.15) is 0 Å². The molecule has 6 nitrogen and oxygen atoms in total. The van der Waals surface area contributed by atoms with Crippen LogP contribution in [-0.4, -0.2) is 42.4 Å². The first-order chi connectivity index (χ1) is 12.5. The Kier molecular flexibility index (Phi) is 6.16. The van der Waals surface area contributed by atoms with Gasteiger partial charge in [0, 0.05) is 36.6 Å². The molecule has 26 heavy (non-hydrogen) atoms. The molecule has 2 unspecified atom stereocenters. The van der Waals surface area contributed by atoms with E-state index in [9.17, 15) is 9.59 Å². The highest BCUT2D eigenvalue weighted by molar-refractivity contribution is 6.30. The molecule has 1 aromatic rings. The molecule has 2 aliphatic heterocycles. The number of hydrogen-bond donors (Lipinski definition) is 3. The highest BCUT2D eigenvalue weighted by Gasteiger charge is 2.38. The Morgan fingerprint density at radius 1 is 1.19 bits per heavy atom. The summed E-state index contributed by atoms with van der Waals surface area (Å²) in [7, 11) is 0. The van der Waals surface area contributed by atoms with Gasteiger partial charge >= 0.3 is 0 Å². The van der Waals surface area contributed by atoms with Crippen molar-refractivity contribution in [3.63, 3.8) is 0 Å². The number of nitrogens with zero attached hydrogens (tertiary/aromatic N) is 1. The quantitative estimate of drug-likeness (QED) is 0.747. The average molecular weight is 379 g/mol. The Balaban J connectivity index is 1.59. The van der Waals surface area contributed by atoms with E-state index in [1.165, 1.54) is 0 Å². The Labute approximate surface area is 159 Å². The molecule has 2 aliphatic rings. The molecular formula is C19H27ClN4O2. The number of benzene rings is 1. The van der Waals surface area contributed by atoms with Gasteiger partial charge in [0.15, 0.2) is 0 Å². The van der Waals surface area contributed by atoms with E-state index in [1.54, 1.807) is 0 Å². The van der Waals surface area contributed by atoms with Crippen molar-refractivity contribution in [2.45, 2.75) is 38.8 Å². The molecule has 2 amide bonds. The highest BCUT2D eigenvalue weighted by Crippen LogP contribution is 2.29. The van der Waals surface area contributed by atoms with Crippen LogP contribution in [0.3, 0.4) is 0 Å². The third-order valence-corrected chi connectivity index (χ3v) is 5.39. The lowest BCUT2D eigenvalue weighted by atomic mass is 9.91. The number of halogens is 1. The number of carbonyl (C=O) groups is 2. The summed E-state index contributed by atoms with van der Waals surface area (Å²) in [6, 6.07) is 7.68. The molecule has 3 rings (SSSR count). The Morgan fingerprint density at radius 3 is 2.46 bits per heavy atom. The molecule has 0 aliphatic carbocycles. The molecule has 0 aromatic heterocycles. The van der Waals surface area contributed by atoms with Crippen molar-refractivity contribution in [1.29, 1.82) is 0 Å². The summed E-state index contributed by atoms with van der Waals surface area (Å²) in [5, 5.41) is 3.66. The first kappa shape index (κ1) is 19.1. The van der Waals surface area contributed by atoms with Crippen molar-refractivity contribution < 1.29 is 9.59 Å². The van der Waals surface area contributed by atoms with E-state index >= 15 is 0 Å². The minimum Gasteiger partial charge on any atom is -0.354 e. The summed E-state index contributed by atoms with van der Waals surface area (Å²) in [4.78, 5) is 27.1. The molecule has 0 spiro atoms. The predicted octanol–water partition coefficient (Wildman–Crippen LogP) is 1.87. The van der Waals surface area contributed by atoms with Crippen molar-refractivity contribution in [2.75, 3.05) is 19.6 Å². The number of carbonyl (C=O) groups excluding carboxylic acids is 2. The van der Waals surface area contributed by atoms with Crippen molar-refractivity contribution in [2.24, 2.45) is 11.8 Å². The van der Waals surface area contributed by atoms with Gasteiger partial charge < -0.3 is 10.2 Å². The molecule has 2 saturated heterocycles. The average Bonchev–Trinajstić information content (AvgIpc) is 3.11. The largest absolute Gasteiger partial charge is 0.354 e. The molecule has 7 heteroatoms. The van der Waals surface area contributed by atoms with Gasteiger partial charge in [-0.15, -0.1) is 0 Å². The lowest BCUT2D eigenvalue weighted by molar-refractivity contribution is -0.139. The number of hydrazine groups is 1. The molecule has 2 atom stereocenters. The van der Waals surface area contributed by atoms with Gasteiger partial charge in [-0.25, -0.2) is 5.43 Å². The molecular weight excluding hydrogens is 352 g/mol. The highest BCUT2D eigenvalue weighted by atomic mass is 35.5. The van der Waals surface area contributed by atoms with Gasteiger partial charge in [0.2, 0.25) is 11.8 Å². The fourth-order valence-corrected chi connectivity index (χ4v) is 3.84. The maximum absolute atomic E-state index is 13.0. The summed E-state index contributed by atoms with van der Waals surface area (Å²) in [6.07, 6.45) is 1.45. The van der Waals surface area contributed by atoms with E-state index in [0.717, 1.165) is 18.4 Å². The first-order valence-electron chi connectivity index (χ1n) is 9.28. The summed E-state index contributed by atoms with van der Waals surface area (Å²) in [5.74, 6) is 0.103. The monoisotopic (exact) mass is 378 g/mol. The lowest BCUT2D eigenvalue weighted by Crippen LogP contribution is -2.47. The van der Waals surface area contributed by atoms with Crippen LogP contribution in [0.2, 0.25) is 5.02 Å². The predicted molar refractivity (Wildman–Crippen MR) is 101 cm³/mol. The SMILES string of the molecule is CC(C)NC(=O)C1CCN(C(=O)C2CNNC2c2ccc(Cl)cc2)CC1. The van der Waals surface area contributed by atoms with Crippen LogP contribution in [0.5, 0.6) is 0 Å². The van der Waals surface area contributed by atoms with Crippen molar-refractivity contribution in [1.82, 2.24) is 21.1 Å². The molecule has 142 valence electrons. The van der Waals surface area contributed by atoms with Crippen LogP contribution in [0.4, 0.5) is 0 Å². The smallest absolute Gasteiger partial charge is 0.229 e. The van der Waals surface area contributed by atoms with Gasteiger partial charge in [-0.1, -0.05) is 23.7 Å². The zero-order chi connectivity index (χ0) is 18.7. The van der Waals surface area contributed by atoms with Crippen LogP contribution >= 0.6 is 11.6 Å². The number of amides is 2. The molecule has 0 bridgehead atoms. The number of hydrogen-bond acceptors (Lipinski definition) is 4. The van der Waals surface area contributed by atoms with E-state index in [2.05, 4.69) is 16.2 Å². The second-order valence-electron chi connectivity index (χ2n) is 7.42. The fraction of sp³-hybridized carbons (Fsp3) is 0.579. The van der Waals surface area contributed by atoms with Crippen LogP contribution in [-0.2, 0) is 9.59 Å². The van der Waals surface area contributed by atoms with Crippen molar-refractivity contribution >= 4 is 23.4 Å². The van der Waals surface area contributed by atoms with Gasteiger partial charge in [0.25, 0.3) is 0 Å². The van der Waals surface area contributed by atoms with Crippen LogP contribution in [0.1, 0.15) is 38.3 Å². The van der Waals surface area contributed by atoms with Crippen molar-refractivity contribution in [3.05, 3.63) is 34.9 Å². The number of piperidine rings is 1. The fourth-order valence-electron chi connectivity index (χ4n) is 3.71. The van der Waals surface area contributed by atoms with Gasteiger partial charge in [0.05, 0.1) is 12.0 Å². The van der Waals surface area contributed by atoms with Crippen LogP contribution in [0, 0.1) is 11.8 Å². The standard InChI is InChI=1S/C19H27ClN4O2/c1-12(2)22-18(25)14-7-9-24(10-8-14)19(26)16-11-21-23-17(16)13-3-5-15(20)6-4-13/h3-6,12,14,16-17,21,23H,7-11H2,1-2H3,(H,22,25). The number of rotatable bonds is 4. The lowest BCUT2D eigenvalue weighted by Gasteiger charge is -2.34. The zero-order valence-electron chi connectivity index (χ0n) is 15.3. The molecule has 1 aromatic carbocycles. The number of likely N-dealkylation sites (tertiary alicyclic amines) is 1. The Morgan fingerprint density at radius 2 is 1.85 bits per heavy atom. The maximum Gasteiger partial charge on any atom is 0.229 e. The minimum absolute atomic E-state index is 0.00772. The topological polar surface area (TPSA) is 73.5 Å². The van der Waals surface area contributed by atoms with Gasteiger partial charge in [-0.3, -0.25) is 15.0 Å². The third-order valence-electron chi connectivity index (χ3n) is 5.14. The molecule has 0 radical (unpaired) electrons. The molecule has 2 fully saturated rings. The second-order valence-corrected chi connectivity index (χ2v) is 7.86. The molecule has 3 N–H and O–H groups in total. The number of nitrogens with one attached hydrogen (secondary N) is 3. The summed E-state index contributed by atoms with van der Waals surface area (Å²) in [6.45, 7) is 5.80. The van der Waals surface area contributed by atoms with E-state index < -0.39 is 0 Å². The molecule has 0 saturated carbocycles. The van der Waals surface area contributed by atoms with Crippen LogP contribution < -0.4 is 16.2 Å². The summed E-state index contributed by atoms with van der Waals surface area (Å²) in [5.41, 5.74) is 7.36. The Hall–Kier alpha value is -1.63. The summed E-state index contributed by atoms with van der Waals surface area (Å²) >= 11 is 5.97. The minimum atomic E-state index is -0.155. The first-order valence-corrected chi connectivity index (χ1v) is 9.66. The maximum atomic E-state index is 13.0. The van der Waals surface area contributed by atoms with Crippen LogP contribution in [0.15, 0.2) is 24.3 Å². The zero-order valence-corrected chi connectivity index (χ0v) is 16.1. The van der Waals surface area contributed by atoms with E-state index in [-0.39, 0.29) is 35.7 Å². The Bertz CT molecular complexity index is 641. The van der Waals surface area contributed by atoms with Gasteiger partial charge in [-0.05, 0) is 44.4 Å². The van der Waals surface area contributed by atoms with E-state index in [1.807, 2.05) is 43.0 Å². The van der Waals surface area contributed by atoms with Crippen LogP contribution in [0.25, 0.3) is 0 Å². The van der Waals surface area contributed by atoms with Crippen molar-refractivity contribution in [3.8, 4) is 0 Å². The summed E-state index contributed by atoms with van der Waals surface area (Å²) < 4.78 is 0. The van der Waals surface area contributed by atoms with E-state index in [0.29, 0.717) is 24.7 Å².